The number of nitrogens with one attached hydrogen (secondary N) is 2. The summed E-state index contributed by atoms with van der Waals surface area (Å²) in [6.45, 7) is 3.67. The molecule has 148 valence electrons. The molecule has 4 rings (SSSR count). The van der Waals surface area contributed by atoms with Crippen LogP contribution in [0.15, 0.2) is 48.8 Å². The molecule has 8 heteroatoms. The van der Waals surface area contributed by atoms with Gasteiger partial charge in [0, 0.05) is 42.8 Å². The second kappa shape index (κ2) is 8.50. The number of rotatable bonds is 7. The second-order valence-corrected chi connectivity index (χ2v) is 8.21. The van der Waals surface area contributed by atoms with E-state index >= 15 is 0 Å². The fraction of sp³-hybridized carbons (Fsp3) is 0.238. The van der Waals surface area contributed by atoms with Crippen molar-refractivity contribution in [3.05, 3.63) is 53.8 Å². The Kier molecular flexibility index (Phi) is 5.64. The smallest absolute Gasteiger partial charge is 0.225 e. The van der Waals surface area contributed by atoms with Crippen molar-refractivity contribution in [3.63, 3.8) is 0 Å². The van der Waals surface area contributed by atoms with Crippen molar-refractivity contribution in [1.29, 1.82) is 0 Å². The molecule has 3 aromatic heterocycles. The number of nitrogens with zero attached hydrogens (tertiary/aromatic N) is 5. The van der Waals surface area contributed by atoms with Gasteiger partial charge in [0.2, 0.25) is 5.95 Å². The zero-order chi connectivity index (χ0) is 20.2. The number of anilines is 3. The zero-order valence-electron chi connectivity index (χ0n) is 16.7. The molecule has 1 aromatic carbocycles. The molecule has 0 aliphatic rings. The molecule has 0 fully saturated rings. The Morgan fingerprint density at radius 2 is 1.97 bits per heavy atom. The Labute approximate surface area is 173 Å². The highest BCUT2D eigenvalue weighted by Gasteiger charge is 2.09. The Hall–Kier alpha value is -3.10. The summed E-state index contributed by atoms with van der Waals surface area (Å²) in [7, 11) is 4.08. The van der Waals surface area contributed by atoms with Crippen LogP contribution in [0, 0.1) is 6.92 Å². The van der Waals surface area contributed by atoms with Gasteiger partial charge in [0.25, 0.3) is 0 Å². The van der Waals surface area contributed by atoms with Crippen LogP contribution in [-0.4, -0.2) is 52.0 Å². The quantitative estimate of drug-likeness (QED) is 0.478. The third-order valence-electron chi connectivity index (χ3n) is 4.29. The first-order valence-electron chi connectivity index (χ1n) is 9.39. The van der Waals surface area contributed by atoms with Gasteiger partial charge in [-0.2, -0.15) is 4.98 Å². The summed E-state index contributed by atoms with van der Waals surface area (Å²) in [5, 5.41) is 7.77. The highest BCUT2D eigenvalue weighted by molar-refractivity contribution is 7.18. The van der Waals surface area contributed by atoms with Crippen molar-refractivity contribution in [1.82, 2.24) is 24.8 Å². The average molecular weight is 406 g/mol. The Morgan fingerprint density at radius 1 is 1.07 bits per heavy atom. The van der Waals surface area contributed by atoms with Crippen LogP contribution in [0.5, 0.6) is 0 Å². The van der Waals surface area contributed by atoms with E-state index in [1.807, 2.05) is 51.4 Å². The maximum Gasteiger partial charge on any atom is 0.225 e. The molecule has 0 unspecified atom stereocenters. The molecule has 0 saturated heterocycles. The number of benzene rings is 1. The molecule has 4 aromatic rings. The normalized spacial score (nSPS) is 11.2. The van der Waals surface area contributed by atoms with Crippen LogP contribution >= 0.6 is 11.3 Å². The lowest BCUT2D eigenvalue weighted by molar-refractivity contribution is 0.425. The van der Waals surface area contributed by atoms with Crippen LogP contribution in [0.2, 0.25) is 0 Å². The van der Waals surface area contributed by atoms with E-state index in [4.69, 9.17) is 0 Å². The van der Waals surface area contributed by atoms with Crippen molar-refractivity contribution in [2.75, 3.05) is 37.8 Å². The second-order valence-electron chi connectivity index (χ2n) is 6.97. The topological polar surface area (TPSA) is 78.9 Å². The standard InChI is InChI=1S/C21H23N7S/c1-14-24-18-11-16(6-7-19(18)29-14)25-20-12-17(15-5-4-8-22-13-15)26-21(27-20)23-9-10-28(2)3/h4-8,11-13H,9-10H2,1-3H3,(H2,23,25,26,27). The van der Waals surface area contributed by atoms with Gasteiger partial charge in [-0.25, -0.2) is 9.97 Å². The number of aryl methyl sites for hydroxylation is 1. The number of likely N-dealkylation sites (N-methyl/N-ethyl adjacent to an activating group) is 1. The number of pyridine rings is 1. The minimum Gasteiger partial charge on any atom is -0.353 e. The molecule has 0 atom stereocenters. The van der Waals surface area contributed by atoms with E-state index in [0.29, 0.717) is 5.95 Å². The molecule has 0 aliphatic carbocycles. The predicted octanol–water partition coefficient (Wildman–Crippen LogP) is 4.17. The molecule has 0 amide bonds. The fourth-order valence-electron chi connectivity index (χ4n) is 2.91. The first-order chi connectivity index (χ1) is 14.1. The van der Waals surface area contributed by atoms with Crippen molar-refractivity contribution in [2.24, 2.45) is 0 Å². The van der Waals surface area contributed by atoms with Crippen LogP contribution in [0.3, 0.4) is 0 Å². The first-order valence-corrected chi connectivity index (χ1v) is 10.2. The van der Waals surface area contributed by atoms with Crippen LogP contribution in [0.1, 0.15) is 5.01 Å². The number of thiazole rings is 1. The van der Waals surface area contributed by atoms with Gasteiger partial charge in [-0.1, -0.05) is 0 Å². The van der Waals surface area contributed by atoms with E-state index in [1.54, 1.807) is 23.7 Å². The molecular formula is C21H23N7S. The molecule has 0 aliphatic heterocycles. The van der Waals surface area contributed by atoms with Crippen molar-refractivity contribution in [2.45, 2.75) is 6.92 Å². The highest BCUT2D eigenvalue weighted by atomic mass is 32.1. The summed E-state index contributed by atoms with van der Waals surface area (Å²) >= 11 is 1.70. The maximum absolute atomic E-state index is 4.66. The SMILES string of the molecule is Cc1nc2cc(Nc3cc(-c4cccnc4)nc(NCCN(C)C)n3)ccc2s1. The van der Waals surface area contributed by atoms with Gasteiger partial charge < -0.3 is 15.5 Å². The molecule has 0 spiro atoms. The van der Waals surface area contributed by atoms with Crippen LogP contribution in [0.4, 0.5) is 17.5 Å². The van der Waals surface area contributed by atoms with Gasteiger partial charge in [0.05, 0.1) is 20.9 Å². The Balaban J connectivity index is 1.64. The molecular weight excluding hydrogens is 382 g/mol. The summed E-state index contributed by atoms with van der Waals surface area (Å²) in [6, 6.07) is 12.0. The van der Waals surface area contributed by atoms with E-state index in [-0.39, 0.29) is 0 Å². The van der Waals surface area contributed by atoms with Gasteiger partial charge in [-0.05, 0) is 51.4 Å². The largest absolute Gasteiger partial charge is 0.353 e. The van der Waals surface area contributed by atoms with E-state index in [2.05, 4.69) is 41.5 Å². The number of fused-ring (bicyclic) bond motifs is 1. The summed E-state index contributed by atoms with van der Waals surface area (Å²) in [6.07, 6.45) is 3.56. The third kappa shape index (κ3) is 4.85. The van der Waals surface area contributed by atoms with Crippen LogP contribution in [-0.2, 0) is 0 Å². The number of hydrogen-bond acceptors (Lipinski definition) is 8. The average Bonchev–Trinajstić information content (AvgIpc) is 3.07. The molecule has 29 heavy (non-hydrogen) atoms. The molecule has 0 bridgehead atoms. The first kappa shape index (κ1) is 19.2. The fourth-order valence-corrected chi connectivity index (χ4v) is 3.72. The predicted molar refractivity (Wildman–Crippen MR) is 120 cm³/mol. The van der Waals surface area contributed by atoms with Gasteiger partial charge in [-0.3, -0.25) is 4.98 Å². The van der Waals surface area contributed by atoms with Gasteiger partial charge >= 0.3 is 0 Å². The van der Waals surface area contributed by atoms with Crippen LogP contribution < -0.4 is 10.6 Å². The molecule has 3 heterocycles. The lowest BCUT2D eigenvalue weighted by atomic mass is 10.2. The molecule has 7 nitrogen and oxygen atoms in total. The zero-order valence-corrected chi connectivity index (χ0v) is 17.5. The Bertz CT molecular complexity index is 1110. The van der Waals surface area contributed by atoms with E-state index in [9.17, 15) is 0 Å². The third-order valence-corrected chi connectivity index (χ3v) is 5.24. The van der Waals surface area contributed by atoms with Crippen molar-refractivity contribution in [3.8, 4) is 11.3 Å². The van der Waals surface area contributed by atoms with Crippen molar-refractivity contribution >= 4 is 39.0 Å². The highest BCUT2D eigenvalue weighted by Crippen LogP contribution is 2.27. The van der Waals surface area contributed by atoms with Gasteiger partial charge in [0.1, 0.15) is 5.82 Å². The van der Waals surface area contributed by atoms with Crippen molar-refractivity contribution < 1.29 is 0 Å². The lowest BCUT2D eigenvalue weighted by Crippen LogP contribution is -2.21. The number of hydrogen-bond donors (Lipinski definition) is 2. The van der Waals surface area contributed by atoms with Gasteiger partial charge in [0.15, 0.2) is 0 Å². The lowest BCUT2D eigenvalue weighted by Gasteiger charge is -2.13. The minimum absolute atomic E-state index is 0.585. The molecule has 2 N–H and O–H groups in total. The molecule has 0 saturated carbocycles. The summed E-state index contributed by atoms with van der Waals surface area (Å²) < 4.78 is 1.18. The summed E-state index contributed by atoms with van der Waals surface area (Å²) in [4.78, 5) is 20.2. The van der Waals surface area contributed by atoms with E-state index in [0.717, 1.165) is 46.4 Å². The monoisotopic (exact) mass is 405 g/mol. The molecule has 0 radical (unpaired) electrons. The van der Waals surface area contributed by atoms with E-state index in [1.165, 1.54) is 4.70 Å². The summed E-state index contributed by atoms with van der Waals surface area (Å²) in [5.41, 5.74) is 3.69. The van der Waals surface area contributed by atoms with E-state index < -0.39 is 0 Å². The minimum atomic E-state index is 0.585. The van der Waals surface area contributed by atoms with Crippen LogP contribution in [0.25, 0.3) is 21.5 Å². The Morgan fingerprint density at radius 3 is 2.76 bits per heavy atom. The number of aromatic nitrogens is 4. The maximum atomic E-state index is 4.66. The summed E-state index contributed by atoms with van der Waals surface area (Å²) in [5.74, 6) is 1.30. The van der Waals surface area contributed by atoms with Gasteiger partial charge in [-0.15, -0.1) is 11.3 Å².